The predicted molar refractivity (Wildman–Crippen MR) is 87.4 cm³/mol. The minimum atomic E-state index is -0.711. The number of aliphatic hydroxyl groups is 1. The van der Waals surface area contributed by atoms with Crippen LogP contribution in [0, 0.1) is 0 Å². The molecule has 4 nitrogen and oxygen atoms in total. The molecule has 0 aliphatic heterocycles. The number of amides is 1. The Labute approximate surface area is 130 Å². The topological polar surface area (TPSA) is 75.4 Å². The fraction of sp³-hybridized carbons (Fsp3) is 0.312. The molecule has 0 bridgehead atoms. The molecular formula is C16H21ClN2O2. The molecule has 2 unspecified atom stereocenters. The van der Waals surface area contributed by atoms with Gasteiger partial charge in [-0.25, -0.2) is 0 Å². The molecule has 0 fully saturated rings. The molecule has 0 saturated heterocycles. The van der Waals surface area contributed by atoms with Gasteiger partial charge in [-0.15, -0.1) is 12.4 Å². The molecule has 5 heteroatoms. The zero-order valence-corrected chi connectivity index (χ0v) is 12.8. The Morgan fingerprint density at radius 3 is 2.57 bits per heavy atom. The average molecular weight is 309 g/mol. The van der Waals surface area contributed by atoms with Gasteiger partial charge >= 0.3 is 0 Å². The number of nitrogens with two attached hydrogens (primary N) is 1. The van der Waals surface area contributed by atoms with E-state index in [-0.39, 0.29) is 37.3 Å². The number of carbonyl (C=O) groups is 1. The smallest absolute Gasteiger partial charge is 0.221 e. The Bertz CT molecular complexity index is 602. The van der Waals surface area contributed by atoms with Crippen molar-refractivity contribution in [2.45, 2.75) is 25.5 Å². The van der Waals surface area contributed by atoms with Gasteiger partial charge in [-0.2, -0.15) is 0 Å². The van der Waals surface area contributed by atoms with Crippen LogP contribution in [0.25, 0.3) is 10.8 Å². The molecule has 2 aromatic carbocycles. The summed E-state index contributed by atoms with van der Waals surface area (Å²) in [5, 5.41) is 15.0. The summed E-state index contributed by atoms with van der Waals surface area (Å²) in [6, 6.07) is 13.6. The predicted octanol–water partition coefficient (Wildman–Crippen LogP) is 2.15. The van der Waals surface area contributed by atoms with Crippen molar-refractivity contribution in [2.24, 2.45) is 5.73 Å². The summed E-state index contributed by atoms with van der Waals surface area (Å²) in [7, 11) is 0. The van der Waals surface area contributed by atoms with Gasteiger partial charge in [0, 0.05) is 19.0 Å². The van der Waals surface area contributed by atoms with Crippen LogP contribution in [0.5, 0.6) is 0 Å². The lowest BCUT2D eigenvalue weighted by molar-refractivity contribution is -0.121. The molecule has 0 heterocycles. The molecule has 0 spiro atoms. The van der Waals surface area contributed by atoms with E-state index in [2.05, 4.69) is 5.32 Å². The molecule has 0 aromatic heterocycles. The van der Waals surface area contributed by atoms with E-state index in [0.717, 1.165) is 16.3 Å². The van der Waals surface area contributed by atoms with E-state index in [1.165, 1.54) is 0 Å². The third-order valence-electron chi connectivity index (χ3n) is 3.16. The van der Waals surface area contributed by atoms with Crippen molar-refractivity contribution in [1.82, 2.24) is 5.32 Å². The maximum Gasteiger partial charge on any atom is 0.221 e. The first-order valence-electron chi connectivity index (χ1n) is 6.75. The van der Waals surface area contributed by atoms with Gasteiger partial charge in [0.25, 0.3) is 0 Å². The van der Waals surface area contributed by atoms with Gasteiger partial charge in [0.05, 0.1) is 6.10 Å². The third kappa shape index (κ3) is 5.01. The molecule has 114 valence electrons. The van der Waals surface area contributed by atoms with E-state index in [9.17, 15) is 9.90 Å². The number of hydrogen-bond acceptors (Lipinski definition) is 3. The number of rotatable bonds is 5. The van der Waals surface area contributed by atoms with Gasteiger partial charge in [-0.1, -0.05) is 36.4 Å². The van der Waals surface area contributed by atoms with Gasteiger partial charge in [0.1, 0.15) is 0 Å². The molecule has 2 rings (SSSR count). The highest BCUT2D eigenvalue weighted by molar-refractivity contribution is 5.85. The molecule has 2 atom stereocenters. The van der Waals surface area contributed by atoms with Crippen LogP contribution >= 0.6 is 12.4 Å². The van der Waals surface area contributed by atoms with Gasteiger partial charge in [-0.05, 0) is 29.3 Å². The maximum atomic E-state index is 11.5. The Balaban J connectivity index is 0.00000220. The van der Waals surface area contributed by atoms with Crippen molar-refractivity contribution < 1.29 is 9.90 Å². The Kier molecular flexibility index (Phi) is 6.62. The second-order valence-electron chi connectivity index (χ2n) is 5.11. The number of benzene rings is 2. The molecular weight excluding hydrogens is 288 g/mol. The lowest BCUT2D eigenvalue weighted by atomic mass is 10.0. The molecule has 0 aliphatic carbocycles. The summed E-state index contributed by atoms with van der Waals surface area (Å²) < 4.78 is 0. The largest absolute Gasteiger partial charge is 0.387 e. The highest BCUT2D eigenvalue weighted by Gasteiger charge is 2.11. The SMILES string of the molecule is CC(N)CC(=O)NCC(O)c1ccc2ccccc2c1.Cl. The lowest BCUT2D eigenvalue weighted by Crippen LogP contribution is -2.32. The molecule has 0 radical (unpaired) electrons. The van der Waals surface area contributed by atoms with Gasteiger partial charge in [0.15, 0.2) is 0 Å². The Hall–Kier alpha value is -1.62. The normalized spacial score (nSPS) is 13.3. The number of aliphatic hydroxyl groups excluding tert-OH is 1. The van der Waals surface area contributed by atoms with E-state index in [4.69, 9.17) is 5.73 Å². The number of hydrogen-bond donors (Lipinski definition) is 3. The highest BCUT2D eigenvalue weighted by atomic mass is 35.5. The molecule has 0 saturated carbocycles. The third-order valence-corrected chi connectivity index (χ3v) is 3.16. The van der Waals surface area contributed by atoms with Crippen LogP contribution in [-0.2, 0) is 4.79 Å². The molecule has 2 aromatic rings. The van der Waals surface area contributed by atoms with Crippen LogP contribution in [0.4, 0.5) is 0 Å². The van der Waals surface area contributed by atoms with E-state index in [1.54, 1.807) is 6.92 Å². The highest BCUT2D eigenvalue weighted by Crippen LogP contribution is 2.20. The van der Waals surface area contributed by atoms with Crippen LogP contribution in [0.2, 0.25) is 0 Å². The van der Waals surface area contributed by atoms with Gasteiger partial charge in [0.2, 0.25) is 5.91 Å². The molecule has 0 aliphatic rings. The summed E-state index contributed by atoms with van der Waals surface area (Å²) in [5.74, 6) is -0.139. The summed E-state index contributed by atoms with van der Waals surface area (Å²) in [5.41, 5.74) is 6.35. The first-order chi connectivity index (χ1) is 9.56. The van der Waals surface area contributed by atoms with Crippen LogP contribution in [0.3, 0.4) is 0 Å². The number of carbonyl (C=O) groups excluding carboxylic acids is 1. The standard InChI is InChI=1S/C16H20N2O2.ClH/c1-11(17)8-16(20)18-10-15(19)14-7-6-12-4-2-3-5-13(12)9-14;/h2-7,9,11,15,19H,8,10,17H2,1H3,(H,18,20);1H. The van der Waals surface area contributed by atoms with Crippen LogP contribution in [0.15, 0.2) is 42.5 Å². The first-order valence-corrected chi connectivity index (χ1v) is 6.75. The second-order valence-corrected chi connectivity index (χ2v) is 5.11. The maximum absolute atomic E-state index is 11.5. The zero-order valence-electron chi connectivity index (χ0n) is 12.0. The summed E-state index contributed by atoms with van der Waals surface area (Å²) in [6.45, 7) is 1.98. The summed E-state index contributed by atoms with van der Waals surface area (Å²) in [4.78, 5) is 11.5. The Morgan fingerprint density at radius 1 is 1.24 bits per heavy atom. The average Bonchev–Trinajstić information content (AvgIpc) is 2.43. The number of halogens is 1. The number of nitrogens with one attached hydrogen (secondary N) is 1. The minimum Gasteiger partial charge on any atom is -0.387 e. The Morgan fingerprint density at radius 2 is 1.90 bits per heavy atom. The monoisotopic (exact) mass is 308 g/mol. The first kappa shape index (κ1) is 17.4. The van der Waals surface area contributed by atoms with Gasteiger partial charge in [-0.3, -0.25) is 4.79 Å². The van der Waals surface area contributed by atoms with Crippen molar-refractivity contribution in [2.75, 3.05) is 6.54 Å². The quantitative estimate of drug-likeness (QED) is 0.792. The lowest BCUT2D eigenvalue weighted by Gasteiger charge is -2.13. The fourth-order valence-corrected chi connectivity index (χ4v) is 2.11. The van der Waals surface area contributed by atoms with Crippen molar-refractivity contribution >= 4 is 29.1 Å². The molecule has 4 N–H and O–H groups in total. The van der Waals surface area contributed by atoms with Gasteiger partial charge < -0.3 is 16.2 Å². The summed E-state index contributed by atoms with van der Waals surface area (Å²) >= 11 is 0. The van der Waals surface area contributed by atoms with Crippen molar-refractivity contribution in [1.29, 1.82) is 0 Å². The van der Waals surface area contributed by atoms with Crippen LogP contribution < -0.4 is 11.1 Å². The van der Waals surface area contributed by atoms with E-state index in [1.807, 2.05) is 42.5 Å². The van der Waals surface area contributed by atoms with Crippen molar-refractivity contribution in [3.05, 3.63) is 48.0 Å². The van der Waals surface area contributed by atoms with E-state index >= 15 is 0 Å². The van der Waals surface area contributed by atoms with Crippen molar-refractivity contribution in [3.8, 4) is 0 Å². The summed E-state index contributed by atoms with van der Waals surface area (Å²) in [6.07, 6.45) is -0.443. The van der Waals surface area contributed by atoms with Crippen LogP contribution in [0.1, 0.15) is 25.0 Å². The fourth-order valence-electron chi connectivity index (χ4n) is 2.11. The molecule has 1 amide bonds. The second kappa shape index (κ2) is 7.98. The molecule has 21 heavy (non-hydrogen) atoms. The minimum absolute atomic E-state index is 0. The van der Waals surface area contributed by atoms with Crippen molar-refractivity contribution in [3.63, 3.8) is 0 Å². The van der Waals surface area contributed by atoms with E-state index in [0.29, 0.717) is 0 Å². The zero-order chi connectivity index (χ0) is 14.5. The van der Waals surface area contributed by atoms with E-state index < -0.39 is 6.10 Å². The number of fused-ring (bicyclic) bond motifs is 1. The van der Waals surface area contributed by atoms with Crippen LogP contribution in [-0.4, -0.2) is 23.6 Å².